The monoisotopic (exact) mass is 393 g/mol. The molecule has 0 unspecified atom stereocenters. The number of rotatable bonds is 4. The SMILES string of the molecule is Nc1ccccc1NC(=O)c1ccc(Cn2c(=O)[nH]c3ccc(Cl)nc32)cc1. The van der Waals surface area contributed by atoms with E-state index < -0.39 is 0 Å². The van der Waals surface area contributed by atoms with Gasteiger partial charge in [-0.2, -0.15) is 0 Å². The van der Waals surface area contributed by atoms with E-state index in [2.05, 4.69) is 15.3 Å². The predicted octanol–water partition coefficient (Wildman–Crippen LogP) is 3.26. The van der Waals surface area contributed by atoms with E-state index in [-0.39, 0.29) is 11.6 Å². The molecule has 0 saturated heterocycles. The predicted molar refractivity (Wildman–Crippen MR) is 110 cm³/mol. The summed E-state index contributed by atoms with van der Waals surface area (Å²) in [4.78, 5) is 31.6. The van der Waals surface area contributed by atoms with E-state index in [1.807, 2.05) is 0 Å². The molecule has 140 valence electrons. The second-order valence-electron chi connectivity index (χ2n) is 6.26. The highest BCUT2D eigenvalue weighted by Crippen LogP contribution is 2.18. The molecule has 4 N–H and O–H groups in total. The lowest BCUT2D eigenvalue weighted by molar-refractivity contribution is 0.102. The summed E-state index contributed by atoms with van der Waals surface area (Å²) in [5, 5.41) is 3.09. The number of imidazole rings is 1. The summed E-state index contributed by atoms with van der Waals surface area (Å²) in [6, 6.07) is 17.4. The molecule has 0 aliphatic rings. The largest absolute Gasteiger partial charge is 0.397 e. The van der Waals surface area contributed by atoms with Gasteiger partial charge in [0.25, 0.3) is 5.91 Å². The average Bonchev–Trinajstić information content (AvgIpc) is 2.99. The van der Waals surface area contributed by atoms with E-state index in [1.165, 1.54) is 4.57 Å². The molecule has 1 amide bonds. The first-order valence-corrected chi connectivity index (χ1v) is 8.89. The van der Waals surface area contributed by atoms with Crippen molar-refractivity contribution in [3.05, 3.63) is 87.4 Å². The molecule has 0 bridgehead atoms. The van der Waals surface area contributed by atoms with Crippen molar-refractivity contribution in [1.82, 2.24) is 14.5 Å². The Balaban J connectivity index is 1.55. The maximum atomic E-state index is 12.4. The van der Waals surface area contributed by atoms with Crippen LogP contribution >= 0.6 is 11.6 Å². The molecule has 0 atom stereocenters. The molecule has 0 spiro atoms. The summed E-state index contributed by atoms with van der Waals surface area (Å²) in [6.45, 7) is 0.305. The Kier molecular flexibility index (Phi) is 4.58. The molecule has 8 heteroatoms. The van der Waals surface area contributed by atoms with Crippen molar-refractivity contribution >= 4 is 40.0 Å². The van der Waals surface area contributed by atoms with Crippen molar-refractivity contribution in [2.24, 2.45) is 0 Å². The third-order valence-electron chi connectivity index (χ3n) is 4.35. The minimum atomic E-state index is -0.272. The molecule has 2 aromatic heterocycles. The van der Waals surface area contributed by atoms with Gasteiger partial charge in [-0.1, -0.05) is 35.9 Å². The van der Waals surface area contributed by atoms with Crippen LogP contribution in [0.4, 0.5) is 11.4 Å². The van der Waals surface area contributed by atoms with Crippen LogP contribution in [0, 0.1) is 0 Å². The molecule has 0 aliphatic heterocycles. The number of fused-ring (bicyclic) bond motifs is 1. The molecule has 4 aromatic rings. The third-order valence-corrected chi connectivity index (χ3v) is 4.56. The topological polar surface area (TPSA) is 106 Å². The van der Waals surface area contributed by atoms with E-state index in [0.29, 0.717) is 39.8 Å². The molecule has 2 heterocycles. The van der Waals surface area contributed by atoms with Gasteiger partial charge < -0.3 is 16.0 Å². The van der Waals surface area contributed by atoms with Gasteiger partial charge in [0.1, 0.15) is 5.15 Å². The van der Waals surface area contributed by atoms with Gasteiger partial charge in [-0.05, 0) is 42.0 Å². The van der Waals surface area contributed by atoms with Crippen molar-refractivity contribution in [1.29, 1.82) is 0 Å². The lowest BCUT2D eigenvalue weighted by Crippen LogP contribution is -2.18. The number of nitrogens with two attached hydrogens (primary N) is 1. The summed E-state index contributed by atoms with van der Waals surface area (Å²) in [7, 11) is 0. The van der Waals surface area contributed by atoms with Crippen molar-refractivity contribution in [3.8, 4) is 0 Å². The van der Waals surface area contributed by atoms with Gasteiger partial charge in [-0.3, -0.25) is 9.36 Å². The second-order valence-corrected chi connectivity index (χ2v) is 6.65. The number of benzene rings is 2. The second kappa shape index (κ2) is 7.21. The number of hydrogen-bond acceptors (Lipinski definition) is 4. The Bertz CT molecular complexity index is 1230. The van der Waals surface area contributed by atoms with E-state index >= 15 is 0 Å². The number of nitrogens with zero attached hydrogens (tertiary/aromatic N) is 2. The van der Waals surface area contributed by atoms with E-state index in [4.69, 9.17) is 17.3 Å². The molecular formula is C20H16ClN5O2. The van der Waals surface area contributed by atoms with Crippen LogP contribution < -0.4 is 16.7 Å². The summed E-state index contributed by atoms with van der Waals surface area (Å²) >= 11 is 5.94. The Morgan fingerprint density at radius 3 is 2.61 bits per heavy atom. The van der Waals surface area contributed by atoms with Crippen LogP contribution in [0.5, 0.6) is 0 Å². The van der Waals surface area contributed by atoms with Gasteiger partial charge in [-0.25, -0.2) is 9.78 Å². The molecular weight excluding hydrogens is 378 g/mol. The lowest BCUT2D eigenvalue weighted by Gasteiger charge is -2.09. The number of amides is 1. The first-order chi connectivity index (χ1) is 13.5. The van der Waals surface area contributed by atoms with Crippen molar-refractivity contribution in [2.45, 2.75) is 6.54 Å². The minimum absolute atomic E-state index is 0.262. The quantitative estimate of drug-likeness (QED) is 0.365. The van der Waals surface area contributed by atoms with Crippen molar-refractivity contribution < 1.29 is 4.79 Å². The Morgan fingerprint density at radius 1 is 1.11 bits per heavy atom. The standard InChI is InChI=1S/C20H16ClN5O2/c21-17-10-9-16-18(25-17)26(20(28)24-16)11-12-5-7-13(8-6-12)19(27)23-15-4-2-1-3-14(15)22/h1-10H,11,22H2,(H,23,27)(H,24,28). The maximum Gasteiger partial charge on any atom is 0.327 e. The molecule has 0 aliphatic carbocycles. The van der Waals surface area contributed by atoms with Crippen LogP contribution in [-0.4, -0.2) is 20.4 Å². The summed E-state index contributed by atoms with van der Waals surface area (Å²) in [5.74, 6) is -0.262. The van der Waals surface area contributed by atoms with Crippen LogP contribution in [0.25, 0.3) is 11.2 Å². The zero-order valence-electron chi connectivity index (χ0n) is 14.6. The normalized spacial score (nSPS) is 10.9. The molecule has 0 saturated carbocycles. The Labute approximate surface area is 164 Å². The number of pyridine rings is 1. The number of carbonyl (C=O) groups is 1. The molecule has 7 nitrogen and oxygen atoms in total. The number of aromatic amines is 1. The highest BCUT2D eigenvalue weighted by molar-refractivity contribution is 6.29. The number of carbonyl (C=O) groups excluding carboxylic acids is 1. The smallest absolute Gasteiger partial charge is 0.327 e. The van der Waals surface area contributed by atoms with Gasteiger partial charge >= 0.3 is 5.69 Å². The van der Waals surface area contributed by atoms with E-state index in [9.17, 15) is 9.59 Å². The molecule has 0 fully saturated rings. The number of nitrogens with one attached hydrogen (secondary N) is 2. The van der Waals surface area contributed by atoms with Crippen LogP contribution in [-0.2, 0) is 6.54 Å². The van der Waals surface area contributed by atoms with Gasteiger partial charge in [0, 0.05) is 5.56 Å². The van der Waals surface area contributed by atoms with Crippen LogP contribution in [0.1, 0.15) is 15.9 Å². The third kappa shape index (κ3) is 3.47. The van der Waals surface area contributed by atoms with E-state index in [0.717, 1.165) is 5.56 Å². The zero-order chi connectivity index (χ0) is 19.7. The molecule has 0 radical (unpaired) electrons. The first kappa shape index (κ1) is 17.8. The maximum absolute atomic E-state index is 12.4. The van der Waals surface area contributed by atoms with Crippen LogP contribution in [0.3, 0.4) is 0 Å². The fraction of sp³-hybridized carbons (Fsp3) is 0.0500. The number of nitrogen functional groups attached to an aromatic ring is 1. The Hall–Kier alpha value is -3.58. The van der Waals surface area contributed by atoms with Gasteiger partial charge in [0.2, 0.25) is 0 Å². The van der Waals surface area contributed by atoms with Crippen LogP contribution in [0.2, 0.25) is 5.15 Å². The van der Waals surface area contributed by atoms with E-state index in [1.54, 1.807) is 60.7 Å². The molecule has 28 heavy (non-hydrogen) atoms. The highest BCUT2D eigenvalue weighted by atomic mass is 35.5. The fourth-order valence-corrected chi connectivity index (χ4v) is 3.05. The fourth-order valence-electron chi connectivity index (χ4n) is 2.90. The van der Waals surface area contributed by atoms with Gasteiger partial charge in [0.05, 0.1) is 23.4 Å². The summed E-state index contributed by atoms with van der Waals surface area (Å²) < 4.78 is 1.50. The first-order valence-electron chi connectivity index (χ1n) is 8.51. The van der Waals surface area contributed by atoms with Gasteiger partial charge in [-0.15, -0.1) is 0 Å². The van der Waals surface area contributed by atoms with Crippen molar-refractivity contribution in [3.63, 3.8) is 0 Å². The lowest BCUT2D eigenvalue weighted by atomic mass is 10.1. The average molecular weight is 394 g/mol. The van der Waals surface area contributed by atoms with Crippen LogP contribution in [0.15, 0.2) is 65.5 Å². The molecule has 2 aromatic carbocycles. The van der Waals surface area contributed by atoms with Gasteiger partial charge in [0.15, 0.2) is 5.65 Å². The Morgan fingerprint density at radius 2 is 1.86 bits per heavy atom. The summed E-state index contributed by atoms with van der Waals surface area (Å²) in [6.07, 6.45) is 0. The number of anilines is 2. The number of aromatic nitrogens is 3. The zero-order valence-corrected chi connectivity index (χ0v) is 15.4. The number of H-pyrrole nitrogens is 1. The molecule has 4 rings (SSSR count). The number of halogens is 1. The van der Waals surface area contributed by atoms with Crippen molar-refractivity contribution in [2.75, 3.05) is 11.1 Å². The summed E-state index contributed by atoms with van der Waals surface area (Å²) in [5.41, 5.74) is 9.07. The highest BCUT2D eigenvalue weighted by Gasteiger charge is 2.11. The minimum Gasteiger partial charge on any atom is -0.397 e. The number of para-hydroxylation sites is 2. The number of hydrogen-bond donors (Lipinski definition) is 3.